The second kappa shape index (κ2) is 8.33. The Morgan fingerprint density at radius 2 is 1.84 bits per heavy atom. The van der Waals surface area contributed by atoms with Crippen LogP contribution in [-0.4, -0.2) is 25.1 Å². The van der Waals surface area contributed by atoms with Crippen molar-refractivity contribution in [3.05, 3.63) is 59.2 Å². The number of methoxy groups -OCH3 is 1. The summed E-state index contributed by atoms with van der Waals surface area (Å²) in [5.74, 6) is -0.132. The summed E-state index contributed by atoms with van der Waals surface area (Å²) in [5.41, 5.74) is 2.82. The molecule has 5 heteroatoms. The van der Waals surface area contributed by atoms with Gasteiger partial charge in [-0.3, -0.25) is 4.79 Å². The molecule has 0 fully saturated rings. The van der Waals surface area contributed by atoms with Crippen molar-refractivity contribution in [3.8, 4) is 5.75 Å². The van der Waals surface area contributed by atoms with Crippen LogP contribution in [0.3, 0.4) is 0 Å². The van der Waals surface area contributed by atoms with Crippen molar-refractivity contribution in [1.29, 1.82) is 0 Å². The van der Waals surface area contributed by atoms with Gasteiger partial charge in [0.25, 0.3) is 5.91 Å². The molecule has 0 aliphatic rings. The molecule has 2 rings (SSSR count). The Kier molecular flexibility index (Phi) is 6.17. The van der Waals surface area contributed by atoms with Gasteiger partial charge in [-0.1, -0.05) is 36.8 Å². The van der Waals surface area contributed by atoms with Gasteiger partial charge >= 0.3 is 5.97 Å². The molecule has 2 aromatic rings. The van der Waals surface area contributed by atoms with Crippen molar-refractivity contribution in [3.63, 3.8) is 0 Å². The topological polar surface area (TPSA) is 64.6 Å². The molecule has 0 heterocycles. The summed E-state index contributed by atoms with van der Waals surface area (Å²) in [4.78, 5) is 24.4. The number of hydrogen-bond donors (Lipinski definition) is 1. The predicted molar refractivity (Wildman–Crippen MR) is 97.0 cm³/mol. The van der Waals surface area contributed by atoms with E-state index >= 15 is 0 Å². The van der Waals surface area contributed by atoms with E-state index in [2.05, 4.69) is 5.32 Å². The second-order valence-electron chi connectivity index (χ2n) is 5.81. The van der Waals surface area contributed by atoms with Crippen molar-refractivity contribution in [2.75, 3.05) is 12.4 Å². The number of rotatable bonds is 6. The van der Waals surface area contributed by atoms with Crippen LogP contribution in [0, 0.1) is 13.8 Å². The van der Waals surface area contributed by atoms with Crippen molar-refractivity contribution in [2.24, 2.45) is 0 Å². The van der Waals surface area contributed by atoms with Crippen LogP contribution in [0.4, 0.5) is 5.69 Å². The number of amides is 1. The summed E-state index contributed by atoms with van der Waals surface area (Å²) in [5, 5.41) is 2.76. The minimum atomic E-state index is -0.660. The zero-order valence-electron chi connectivity index (χ0n) is 15.0. The molecule has 5 nitrogen and oxygen atoms in total. The molecule has 0 radical (unpaired) electrons. The highest BCUT2D eigenvalue weighted by molar-refractivity contribution is 6.02. The van der Waals surface area contributed by atoms with Gasteiger partial charge in [-0.05, 0) is 44.0 Å². The molecule has 2 aromatic carbocycles. The first-order chi connectivity index (χ1) is 12.0. The van der Waals surface area contributed by atoms with Gasteiger partial charge in [-0.25, -0.2) is 4.79 Å². The molecule has 1 unspecified atom stereocenters. The number of anilines is 1. The average molecular weight is 341 g/mol. The molecule has 132 valence electrons. The van der Waals surface area contributed by atoms with Crippen LogP contribution in [0.25, 0.3) is 0 Å². The largest absolute Gasteiger partial charge is 0.480 e. The van der Waals surface area contributed by atoms with E-state index in [0.29, 0.717) is 23.4 Å². The van der Waals surface area contributed by atoms with E-state index in [4.69, 9.17) is 9.47 Å². The lowest BCUT2D eigenvalue weighted by molar-refractivity contribution is -0.122. The smallest absolute Gasteiger partial charge is 0.339 e. The minimum absolute atomic E-state index is 0.305. The van der Waals surface area contributed by atoms with Gasteiger partial charge in [0.1, 0.15) is 5.75 Å². The summed E-state index contributed by atoms with van der Waals surface area (Å²) >= 11 is 0. The summed E-state index contributed by atoms with van der Waals surface area (Å²) in [6.45, 7) is 5.82. The van der Waals surface area contributed by atoms with E-state index in [1.54, 1.807) is 24.3 Å². The lowest BCUT2D eigenvalue weighted by atomic mass is 10.1. The van der Waals surface area contributed by atoms with Gasteiger partial charge in [-0.15, -0.1) is 0 Å². The standard InChI is InChI=1S/C20H23NO4/c1-5-17(25-18-11-10-13(2)12-14(18)3)19(22)21-16-9-7-6-8-15(16)20(23)24-4/h6-12,17H,5H2,1-4H3,(H,21,22). The highest BCUT2D eigenvalue weighted by Gasteiger charge is 2.21. The predicted octanol–water partition coefficient (Wildman–Crippen LogP) is 3.89. The van der Waals surface area contributed by atoms with E-state index in [1.807, 2.05) is 39.0 Å². The van der Waals surface area contributed by atoms with Crippen molar-refractivity contribution in [2.45, 2.75) is 33.3 Å². The van der Waals surface area contributed by atoms with Crippen LogP contribution in [0.5, 0.6) is 5.75 Å². The summed E-state index contributed by atoms with van der Waals surface area (Å²) < 4.78 is 10.6. The van der Waals surface area contributed by atoms with E-state index in [9.17, 15) is 9.59 Å². The van der Waals surface area contributed by atoms with Crippen LogP contribution < -0.4 is 10.1 Å². The number of esters is 1. The first-order valence-corrected chi connectivity index (χ1v) is 8.18. The Morgan fingerprint density at radius 3 is 2.48 bits per heavy atom. The molecule has 0 saturated carbocycles. The van der Waals surface area contributed by atoms with Crippen molar-refractivity contribution >= 4 is 17.6 Å². The van der Waals surface area contributed by atoms with Gasteiger partial charge in [0.05, 0.1) is 18.4 Å². The van der Waals surface area contributed by atoms with Crippen LogP contribution in [0.1, 0.15) is 34.8 Å². The van der Waals surface area contributed by atoms with Gasteiger partial charge in [-0.2, -0.15) is 0 Å². The summed E-state index contributed by atoms with van der Waals surface area (Å²) in [7, 11) is 1.30. The number of benzene rings is 2. The molecule has 0 aromatic heterocycles. The Hall–Kier alpha value is -2.82. The Morgan fingerprint density at radius 1 is 1.12 bits per heavy atom. The average Bonchev–Trinajstić information content (AvgIpc) is 2.60. The number of carbonyl (C=O) groups is 2. The summed E-state index contributed by atoms with van der Waals surface area (Å²) in [6, 6.07) is 12.5. The van der Waals surface area contributed by atoms with Crippen LogP contribution >= 0.6 is 0 Å². The first kappa shape index (κ1) is 18.5. The highest BCUT2D eigenvalue weighted by atomic mass is 16.5. The maximum atomic E-state index is 12.6. The van der Waals surface area contributed by atoms with E-state index in [0.717, 1.165) is 11.1 Å². The fourth-order valence-electron chi connectivity index (χ4n) is 2.50. The number of aryl methyl sites for hydroxylation is 2. The number of para-hydroxylation sites is 1. The van der Waals surface area contributed by atoms with E-state index in [-0.39, 0.29) is 5.91 Å². The monoisotopic (exact) mass is 341 g/mol. The van der Waals surface area contributed by atoms with Crippen molar-refractivity contribution < 1.29 is 19.1 Å². The number of ether oxygens (including phenoxy) is 2. The minimum Gasteiger partial charge on any atom is -0.480 e. The van der Waals surface area contributed by atoms with Crippen LogP contribution in [0.2, 0.25) is 0 Å². The number of hydrogen-bond acceptors (Lipinski definition) is 4. The molecular formula is C20H23NO4. The van der Waals surface area contributed by atoms with E-state index in [1.165, 1.54) is 7.11 Å². The zero-order chi connectivity index (χ0) is 18.4. The fourth-order valence-corrected chi connectivity index (χ4v) is 2.50. The lowest BCUT2D eigenvalue weighted by Crippen LogP contribution is -2.33. The number of nitrogens with one attached hydrogen (secondary N) is 1. The quantitative estimate of drug-likeness (QED) is 0.810. The van der Waals surface area contributed by atoms with Gasteiger partial charge in [0, 0.05) is 0 Å². The zero-order valence-corrected chi connectivity index (χ0v) is 15.0. The third-order valence-electron chi connectivity index (χ3n) is 3.85. The molecule has 1 atom stereocenters. The van der Waals surface area contributed by atoms with Crippen LogP contribution in [0.15, 0.2) is 42.5 Å². The SMILES string of the molecule is CCC(Oc1ccc(C)cc1C)C(=O)Nc1ccccc1C(=O)OC. The Labute approximate surface area is 148 Å². The van der Waals surface area contributed by atoms with Gasteiger partial charge in [0.2, 0.25) is 0 Å². The third-order valence-corrected chi connectivity index (χ3v) is 3.85. The maximum Gasteiger partial charge on any atom is 0.339 e. The molecule has 1 N–H and O–H groups in total. The molecule has 0 saturated heterocycles. The maximum absolute atomic E-state index is 12.6. The molecular weight excluding hydrogens is 318 g/mol. The first-order valence-electron chi connectivity index (χ1n) is 8.18. The van der Waals surface area contributed by atoms with E-state index < -0.39 is 12.1 Å². The molecule has 0 aliphatic carbocycles. The van der Waals surface area contributed by atoms with Crippen LogP contribution in [-0.2, 0) is 9.53 Å². The Balaban J connectivity index is 2.17. The molecule has 1 amide bonds. The second-order valence-corrected chi connectivity index (χ2v) is 5.81. The third kappa shape index (κ3) is 4.59. The normalized spacial score (nSPS) is 11.5. The number of carbonyl (C=O) groups excluding carboxylic acids is 2. The summed E-state index contributed by atoms with van der Waals surface area (Å²) in [6.07, 6.45) is -0.161. The van der Waals surface area contributed by atoms with Crippen molar-refractivity contribution in [1.82, 2.24) is 0 Å². The fraction of sp³-hybridized carbons (Fsp3) is 0.300. The molecule has 0 aliphatic heterocycles. The van der Waals surface area contributed by atoms with Gasteiger partial charge in [0.15, 0.2) is 6.10 Å². The molecule has 0 spiro atoms. The highest BCUT2D eigenvalue weighted by Crippen LogP contribution is 2.22. The Bertz CT molecular complexity index is 770. The molecule has 0 bridgehead atoms. The molecule has 25 heavy (non-hydrogen) atoms. The van der Waals surface area contributed by atoms with Gasteiger partial charge < -0.3 is 14.8 Å². The lowest BCUT2D eigenvalue weighted by Gasteiger charge is -2.19.